The van der Waals surface area contributed by atoms with Gasteiger partial charge >= 0.3 is 0 Å². The standard InChI is InChI=1S/C21H26N2O5/c1-5-12-28-19-11-10-17(14-20(19)27-6-2)21(24)22(4)15(3)16-8-7-9-18(13-16)23(25)26/h7-11,13-15H,5-6,12H2,1-4H3/t15-/m1/s1. The van der Waals surface area contributed by atoms with Crippen molar-refractivity contribution in [2.75, 3.05) is 20.3 Å². The van der Waals surface area contributed by atoms with E-state index < -0.39 is 4.92 Å². The first-order chi connectivity index (χ1) is 13.4. The first-order valence-electron chi connectivity index (χ1n) is 9.30. The second-order valence-corrected chi connectivity index (χ2v) is 6.39. The van der Waals surface area contributed by atoms with Crippen LogP contribution in [0, 0.1) is 10.1 Å². The van der Waals surface area contributed by atoms with Crippen LogP contribution in [0.1, 0.15) is 49.2 Å². The van der Waals surface area contributed by atoms with Crippen molar-refractivity contribution in [1.82, 2.24) is 4.90 Å². The second-order valence-electron chi connectivity index (χ2n) is 6.39. The van der Waals surface area contributed by atoms with Crippen molar-refractivity contribution in [3.8, 4) is 11.5 Å². The predicted octanol–water partition coefficient (Wildman–Crippen LogP) is 4.62. The molecule has 7 nitrogen and oxygen atoms in total. The number of nitro benzene ring substituents is 1. The molecule has 0 saturated heterocycles. The maximum atomic E-state index is 13.0. The van der Waals surface area contributed by atoms with Gasteiger partial charge in [0, 0.05) is 24.7 Å². The summed E-state index contributed by atoms with van der Waals surface area (Å²) in [4.78, 5) is 25.1. The third-order valence-corrected chi connectivity index (χ3v) is 4.42. The Balaban J connectivity index is 2.25. The fourth-order valence-corrected chi connectivity index (χ4v) is 2.74. The summed E-state index contributed by atoms with van der Waals surface area (Å²) in [6.07, 6.45) is 0.871. The first kappa shape index (κ1) is 21.2. The lowest BCUT2D eigenvalue weighted by molar-refractivity contribution is -0.384. The van der Waals surface area contributed by atoms with E-state index in [2.05, 4.69) is 0 Å². The molecule has 2 aromatic rings. The minimum atomic E-state index is -0.443. The Morgan fingerprint density at radius 3 is 2.54 bits per heavy atom. The van der Waals surface area contributed by atoms with Gasteiger partial charge in [-0.2, -0.15) is 0 Å². The molecule has 0 N–H and O–H groups in total. The van der Waals surface area contributed by atoms with Crippen molar-refractivity contribution in [3.05, 3.63) is 63.7 Å². The van der Waals surface area contributed by atoms with Gasteiger partial charge in [0.15, 0.2) is 11.5 Å². The van der Waals surface area contributed by atoms with Crippen LogP contribution in [0.15, 0.2) is 42.5 Å². The van der Waals surface area contributed by atoms with E-state index in [-0.39, 0.29) is 17.6 Å². The number of carbonyl (C=O) groups excluding carboxylic acids is 1. The van der Waals surface area contributed by atoms with E-state index in [4.69, 9.17) is 9.47 Å². The fraction of sp³-hybridized carbons (Fsp3) is 0.381. The van der Waals surface area contributed by atoms with E-state index >= 15 is 0 Å². The lowest BCUT2D eigenvalue weighted by Crippen LogP contribution is -2.29. The number of nitrogens with zero attached hydrogens (tertiary/aromatic N) is 2. The molecule has 0 spiro atoms. The molecular weight excluding hydrogens is 360 g/mol. The van der Waals surface area contributed by atoms with Crippen molar-refractivity contribution in [1.29, 1.82) is 0 Å². The molecule has 0 bridgehead atoms. The molecule has 0 aromatic heterocycles. The molecule has 2 aromatic carbocycles. The van der Waals surface area contributed by atoms with Gasteiger partial charge in [-0.25, -0.2) is 0 Å². The molecule has 0 fully saturated rings. The third-order valence-electron chi connectivity index (χ3n) is 4.42. The van der Waals surface area contributed by atoms with Crippen molar-refractivity contribution in [3.63, 3.8) is 0 Å². The highest BCUT2D eigenvalue weighted by molar-refractivity contribution is 5.95. The minimum absolute atomic E-state index is 0.00116. The van der Waals surface area contributed by atoms with Gasteiger partial charge in [-0.15, -0.1) is 0 Å². The lowest BCUT2D eigenvalue weighted by Gasteiger charge is -2.25. The van der Waals surface area contributed by atoms with Crippen molar-refractivity contribution in [2.24, 2.45) is 0 Å². The number of carbonyl (C=O) groups is 1. The number of rotatable bonds is 9. The first-order valence-corrected chi connectivity index (χ1v) is 9.30. The summed E-state index contributed by atoms with van der Waals surface area (Å²) < 4.78 is 11.3. The van der Waals surface area contributed by atoms with Crippen LogP contribution in [0.5, 0.6) is 11.5 Å². The summed E-state index contributed by atoms with van der Waals surface area (Å²) in [6, 6.07) is 11.1. The number of amides is 1. The Morgan fingerprint density at radius 2 is 1.89 bits per heavy atom. The molecule has 0 unspecified atom stereocenters. The lowest BCUT2D eigenvalue weighted by atomic mass is 10.1. The van der Waals surface area contributed by atoms with Crippen LogP contribution in [0.3, 0.4) is 0 Å². The van der Waals surface area contributed by atoms with Gasteiger partial charge in [-0.1, -0.05) is 19.1 Å². The highest BCUT2D eigenvalue weighted by Gasteiger charge is 2.22. The molecule has 0 aliphatic rings. The van der Waals surface area contributed by atoms with Gasteiger partial charge in [0.05, 0.1) is 24.2 Å². The van der Waals surface area contributed by atoms with Gasteiger partial charge < -0.3 is 14.4 Å². The van der Waals surface area contributed by atoms with E-state index in [0.29, 0.717) is 35.8 Å². The molecule has 2 rings (SSSR count). The topological polar surface area (TPSA) is 81.9 Å². The zero-order valence-corrected chi connectivity index (χ0v) is 16.7. The van der Waals surface area contributed by atoms with Gasteiger partial charge in [0.2, 0.25) is 0 Å². The Labute approximate surface area is 165 Å². The number of hydrogen-bond acceptors (Lipinski definition) is 5. The van der Waals surface area contributed by atoms with Gasteiger partial charge in [0.1, 0.15) is 0 Å². The summed E-state index contributed by atoms with van der Waals surface area (Å²) in [5, 5.41) is 11.0. The molecule has 0 aliphatic carbocycles. The molecular formula is C21H26N2O5. The SMILES string of the molecule is CCCOc1ccc(C(=O)N(C)[C@H](C)c2cccc([N+](=O)[O-])c2)cc1OCC. The Kier molecular flexibility index (Phi) is 7.37. The average molecular weight is 386 g/mol. The van der Waals surface area contributed by atoms with Crippen LogP contribution in [0.2, 0.25) is 0 Å². The third kappa shape index (κ3) is 5.00. The van der Waals surface area contributed by atoms with Crippen molar-refractivity contribution >= 4 is 11.6 Å². The number of benzene rings is 2. The monoisotopic (exact) mass is 386 g/mol. The summed E-state index contributed by atoms with van der Waals surface area (Å²) in [7, 11) is 1.67. The highest BCUT2D eigenvalue weighted by Crippen LogP contribution is 2.30. The maximum Gasteiger partial charge on any atom is 0.269 e. The number of non-ortho nitro benzene ring substituents is 1. The molecule has 7 heteroatoms. The molecule has 0 aliphatic heterocycles. The summed E-state index contributed by atoms with van der Waals surface area (Å²) in [5.74, 6) is 0.926. The largest absolute Gasteiger partial charge is 0.490 e. The van der Waals surface area contributed by atoms with E-state index in [1.165, 1.54) is 12.1 Å². The van der Waals surface area contributed by atoms with Crippen LogP contribution in [0.4, 0.5) is 5.69 Å². The van der Waals surface area contributed by atoms with Crippen LogP contribution in [0.25, 0.3) is 0 Å². The highest BCUT2D eigenvalue weighted by atomic mass is 16.6. The van der Waals surface area contributed by atoms with Crippen molar-refractivity contribution < 1.29 is 19.2 Å². The molecule has 1 atom stereocenters. The normalized spacial score (nSPS) is 11.6. The molecule has 0 radical (unpaired) electrons. The van der Waals surface area contributed by atoms with E-state index in [0.717, 1.165) is 6.42 Å². The smallest absolute Gasteiger partial charge is 0.269 e. The van der Waals surface area contributed by atoms with E-state index in [1.54, 1.807) is 42.3 Å². The van der Waals surface area contributed by atoms with Gasteiger partial charge in [-0.05, 0) is 44.0 Å². The zero-order valence-electron chi connectivity index (χ0n) is 16.7. The Hall–Kier alpha value is -3.09. The molecule has 28 heavy (non-hydrogen) atoms. The van der Waals surface area contributed by atoms with E-state index in [1.807, 2.05) is 20.8 Å². The van der Waals surface area contributed by atoms with Gasteiger partial charge in [-0.3, -0.25) is 14.9 Å². The predicted molar refractivity (Wildman–Crippen MR) is 107 cm³/mol. The number of ether oxygens (including phenoxy) is 2. The number of nitro groups is 1. The fourth-order valence-electron chi connectivity index (χ4n) is 2.74. The molecule has 0 heterocycles. The van der Waals surface area contributed by atoms with E-state index in [9.17, 15) is 14.9 Å². The summed E-state index contributed by atoms with van der Waals surface area (Å²) >= 11 is 0. The van der Waals surface area contributed by atoms with Crippen LogP contribution >= 0.6 is 0 Å². The Morgan fingerprint density at radius 1 is 1.14 bits per heavy atom. The van der Waals surface area contributed by atoms with Crippen LogP contribution in [-0.4, -0.2) is 36.0 Å². The maximum absolute atomic E-state index is 13.0. The zero-order chi connectivity index (χ0) is 20.7. The van der Waals surface area contributed by atoms with Crippen LogP contribution in [-0.2, 0) is 0 Å². The summed E-state index contributed by atoms with van der Waals surface area (Å²) in [6.45, 7) is 6.74. The number of hydrogen-bond donors (Lipinski definition) is 0. The van der Waals surface area contributed by atoms with Crippen LogP contribution < -0.4 is 9.47 Å². The minimum Gasteiger partial charge on any atom is -0.490 e. The van der Waals surface area contributed by atoms with Gasteiger partial charge in [0.25, 0.3) is 11.6 Å². The average Bonchev–Trinajstić information content (AvgIpc) is 2.71. The molecule has 1 amide bonds. The quantitative estimate of drug-likeness (QED) is 0.464. The Bertz CT molecular complexity index is 837. The summed E-state index contributed by atoms with van der Waals surface area (Å²) in [5.41, 5.74) is 1.16. The second kappa shape index (κ2) is 9.73. The molecule has 150 valence electrons. The molecule has 0 saturated carbocycles. The van der Waals surface area contributed by atoms with Crippen molar-refractivity contribution in [2.45, 2.75) is 33.2 Å².